The van der Waals surface area contributed by atoms with Gasteiger partial charge in [-0.05, 0) is 50.3 Å². The molecule has 0 bridgehead atoms. The number of nitrogens with zero attached hydrogens (tertiary/aromatic N) is 2. The number of benzene rings is 1. The van der Waals surface area contributed by atoms with Crippen LogP contribution in [0.2, 0.25) is 0 Å². The molecule has 25 heavy (non-hydrogen) atoms. The average molecular weight is 459 g/mol. The Kier molecular flexibility index (Phi) is 9.02. The van der Waals surface area contributed by atoms with Gasteiger partial charge in [-0.2, -0.15) is 0 Å². The van der Waals surface area contributed by atoms with Crippen molar-refractivity contribution in [2.45, 2.75) is 46.2 Å². The minimum atomic E-state index is -0.195. The second-order valence-electron chi connectivity index (χ2n) is 6.79. The van der Waals surface area contributed by atoms with E-state index in [9.17, 15) is 4.79 Å². The number of likely N-dealkylation sites (tertiary alicyclic amines) is 1. The van der Waals surface area contributed by atoms with Gasteiger partial charge >= 0.3 is 6.03 Å². The molecule has 0 saturated carbocycles. The molecule has 0 aromatic heterocycles. The van der Waals surface area contributed by atoms with Crippen LogP contribution < -0.4 is 16.4 Å². The fraction of sp³-hybridized carbons (Fsp3) is 0.556. The van der Waals surface area contributed by atoms with Crippen molar-refractivity contribution < 1.29 is 4.79 Å². The minimum absolute atomic E-state index is 0. The molecule has 0 radical (unpaired) electrons. The Hall–Kier alpha value is -1.51. The van der Waals surface area contributed by atoms with Gasteiger partial charge in [0.15, 0.2) is 5.96 Å². The van der Waals surface area contributed by atoms with Crippen molar-refractivity contribution in [1.82, 2.24) is 10.2 Å². The molecule has 2 amide bonds. The van der Waals surface area contributed by atoms with Gasteiger partial charge in [0.25, 0.3) is 0 Å². The largest absolute Gasteiger partial charge is 0.370 e. The summed E-state index contributed by atoms with van der Waals surface area (Å²) < 4.78 is 0. The summed E-state index contributed by atoms with van der Waals surface area (Å²) in [5, 5.41) is 5.59. The summed E-state index contributed by atoms with van der Waals surface area (Å²) in [5.74, 6) is 1.41. The minimum Gasteiger partial charge on any atom is -0.370 e. The third-order valence-corrected chi connectivity index (χ3v) is 4.16. The SMILES string of the molecule is CC1CCN(C(N)=NCc2ccc(NC(=O)NC(C)C)cc2)CC1.I. The summed E-state index contributed by atoms with van der Waals surface area (Å²) >= 11 is 0. The van der Waals surface area contributed by atoms with E-state index in [0.29, 0.717) is 12.5 Å². The van der Waals surface area contributed by atoms with Gasteiger partial charge in [-0.1, -0.05) is 19.1 Å². The molecule has 7 heteroatoms. The van der Waals surface area contributed by atoms with Crippen LogP contribution in [0, 0.1) is 5.92 Å². The number of rotatable bonds is 4. The van der Waals surface area contributed by atoms with Crippen LogP contribution in [-0.4, -0.2) is 36.0 Å². The Labute approximate surface area is 167 Å². The van der Waals surface area contributed by atoms with E-state index in [1.54, 1.807) is 0 Å². The number of guanidine groups is 1. The number of halogens is 1. The average Bonchev–Trinajstić information content (AvgIpc) is 2.54. The third-order valence-electron chi connectivity index (χ3n) is 4.16. The van der Waals surface area contributed by atoms with Crippen LogP contribution in [0.15, 0.2) is 29.3 Å². The van der Waals surface area contributed by atoms with E-state index in [4.69, 9.17) is 5.73 Å². The zero-order valence-corrected chi connectivity index (χ0v) is 17.6. The van der Waals surface area contributed by atoms with Crippen LogP contribution in [0.4, 0.5) is 10.5 Å². The summed E-state index contributed by atoms with van der Waals surface area (Å²) in [5.41, 5.74) is 7.93. The van der Waals surface area contributed by atoms with Gasteiger partial charge in [-0.3, -0.25) is 0 Å². The standard InChI is InChI=1S/C18H29N5O.HI/c1-13(2)21-18(24)22-16-6-4-15(5-7-16)12-20-17(19)23-10-8-14(3)9-11-23;/h4-7,13-14H,8-12H2,1-3H3,(H2,19,20)(H2,21,22,24);1H. The molecular weight excluding hydrogens is 429 g/mol. The number of hydrogen-bond donors (Lipinski definition) is 3. The number of nitrogens with two attached hydrogens (primary N) is 1. The van der Waals surface area contributed by atoms with Crippen molar-refractivity contribution in [1.29, 1.82) is 0 Å². The van der Waals surface area contributed by atoms with Crippen molar-refractivity contribution in [2.24, 2.45) is 16.6 Å². The van der Waals surface area contributed by atoms with Gasteiger partial charge in [0.2, 0.25) is 0 Å². The highest BCUT2D eigenvalue weighted by atomic mass is 127. The molecule has 1 aliphatic heterocycles. The third kappa shape index (κ3) is 7.50. The number of aliphatic imine (C=N–C) groups is 1. The maximum absolute atomic E-state index is 11.7. The predicted molar refractivity (Wildman–Crippen MR) is 114 cm³/mol. The topological polar surface area (TPSA) is 82.8 Å². The van der Waals surface area contributed by atoms with Crippen molar-refractivity contribution in [2.75, 3.05) is 18.4 Å². The zero-order valence-electron chi connectivity index (χ0n) is 15.3. The Balaban J connectivity index is 0.00000312. The molecule has 6 nitrogen and oxygen atoms in total. The maximum atomic E-state index is 11.7. The fourth-order valence-electron chi connectivity index (χ4n) is 2.63. The molecule has 0 unspecified atom stereocenters. The highest BCUT2D eigenvalue weighted by Gasteiger charge is 2.16. The summed E-state index contributed by atoms with van der Waals surface area (Å²) in [4.78, 5) is 18.3. The monoisotopic (exact) mass is 459 g/mol. The second kappa shape index (κ2) is 10.5. The van der Waals surface area contributed by atoms with E-state index < -0.39 is 0 Å². The molecular formula is C18H30IN5O. The van der Waals surface area contributed by atoms with Crippen molar-refractivity contribution in [3.05, 3.63) is 29.8 Å². The lowest BCUT2D eigenvalue weighted by Crippen LogP contribution is -2.42. The molecule has 140 valence electrons. The van der Waals surface area contributed by atoms with E-state index in [1.807, 2.05) is 38.1 Å². The van der Waals surface area contributed by atoms with Crippen molar-refractivity contribution in [3.8, 4) is 0 Å². The summed E-state index contributed by atoms with van der Waals surface area (Å²) in [6.07, 6.45) is 2.35. The number of piperidine rings is 1. The smallest absolute Gasteiger partial charge is 0.319 e. The van der Waals surface area contributed by atoms with E-state index in [0.717, 1.165) is 30.3 Å². The lowest BCUT2D eigenvalue weighted by Gasteiger charge is -2.31. The molecule has 1 aromatic rings. The highest BCUT2D eigenvalue weighted by molar-refractivity contribution is 14.0. The molecule has 1 fully saturated rings. The maximum Gasteiger partial charge on any atom is 0.319 e. The number of carbonyl (C=O) groups excluding carboxylic acids is 1. The van der Waals surface area contributed by atoms with Gasteiger partial charge in [-0.25, -0.2) is 9.79 Å². The first-order valence-electron chi connectivity index (χ1n) is 8.65. The lowest BCUT2D eigenvalue weighted by molar-refractivity contribution is 0.250. The van der Waals surface area contributed by atoms with E-state index in [1.165, 1.54) is 12.8 Å². The Morgan fingerprint density at radius 3 is 2.44 bits per heavy atom. The molecule has 1 aromatic carbocycles. The molecule has 1 heterocycles. The number of carbonyl (C=O) groups is 1. The zero-order chi connectivity index (χ0) is 17.5. The Morgan fingerprint density at radius 1 is 1.28 bits per heavy atom. The fourth-order valence-corrected chi connectivity index (χ4v) is 2.63. The first-order valence-corrected chi connectivity index (χ1v) is 8.65. The van der Waals surface area contributed by atoms with Gasteiger partial charge in [0, 0.05) is 24.8 Å². The van der Waals surface area contributed by atoms with Crippen LogP contribution in [0.3, 0.4) is 0 Å². The number of hydrogen-bond acceptors (Lipinski definition) is 2. The van der Waals surface area contributed by atoms with Crippen LogP contribution >= 0.6 is 24.0 Å². The molecule has 2 rings (SSSR count). The Bertz CT molecular complexity index is 565. The normalized spacial score (nSPS) is 15.7. The van der Waals surface area contributed by atoms with Crippen LogP contribution in [0.25, 0.3) is 0 Å². The number of urea groups is 1. The lowest BCUT2D eigenvalue weighted by atomic mass is 10.00. The van der Waals surface area contributed by atoms with Crippen molar-refractivity contribution >= 4 is 41.7 Å². The summed E-state index contributed by atoms with van der Waals surface area (Å²) in [6.45, 7) is 8.66. The van der Waals surface area contributed by atoms with Gasteiger partial charge < -0.3 is 21.3 Å². The molecule has 0 spiro atoms. The number of anilines is 1. The molecule has 0 aliphatic carbocycles. The van der Waals surface area contributed by atoms with E-state index in [2.05, 4.69) is 27.4 Å². The summed E-state index contributed by atoms with van der Waals surface area (Å²) in [6, 6.07) is 7.59. The van der Waals surface area contributed by atoms with Crippen LogP contribution in [0.5, 0.6) is 0 Å². The van der Waals surface area contributed by atoms with E-state index >= 15 is 0 Å². The van der Waals surface area contributed by atoms with Crippen LogP contribution in [0.1, 0.15) is 39.2 Å². The van der Waals surface area contributed by atoms with Gasteiger partial charge in [0.1, 0.15) is 0 Å². The summed E-state index contributed by atoms with van der Waals surface area (Å²) in [7, 11) is 0. The molecule has 4 N–H and O–H groups in total. The molecule has 0 atom stereocenters. The Morgan fingerprint density at radius 2 is 1.88 bits per heavy atom. The van der Waals surface area contributed by atoms with Crippen molar-refractivity contribution in [3.63, 3.8) is 0 Å². The first-order chi connectivity index (χ1) is 11.4. The quantitative estimate of drug-likeness (QED) is 0.367. The molecule has 1 aliphatic rings. The number of nitrogens with one attached hydrogen (secondary N) is 2. The predicted octanol–water partition coefficient (Wildman–Crippen LogP) is 3.38. The van der Waals surface area contributed by atoms with Gasteiger partial charge in [0.05, 0.1) is 6.54 Å². The molecule has 1 saturated heterocycles. The first kappa shape index (κ1) is 21.5. The van der Waals surface area contributed by atoms with E-state index in [-0.39, 0.29) is 36.0 Å². The highest BCUT2D eigenvalue weighted by Crippen LogP contribution is 2.16. The van der Waals surface area contributed by atoms with Gasteiger partial charge in [-0.15, -0.1) is 24.0 Å². The van der Waals surface area contributed by atoms with Crippen LogP contribution in [-0.2, 0) is 6.54 Å². The second-order valence-corrected chi connectivity index (χ2v) is 6.79. The number of amides is 2.